The molecule has 1 N–H and O–H groups in total. The van der Waals surface area contributed by atoms with Gasteiger partial charge in [-0.2, -0.15) is 0 Å². The van der Waals surface area contributed by atoms with Gasteiger partial charge in [0.15, 0.2) is 0 Å². The first kappa shape index (κ1) is 16.4. The fourth-order valence-electron chi connectivity index (χ4n) is 2.21. The van der Waals surface area contributed by atoms with Crippen molar-refractivity contribution in [2.45, 2.75) is 6.54 Å². The van der Waals surface area contributed by atoms with Crippen molar-refractivity contribution < 1.29 is 9.53 Å². The molecule has 0 amide bonds. The number of nitrogens with one attached hydrogen (secondary N) is 1. The van der Waals surface area contributed by atoms with E-state index in [-0.39, 0.29) is 5.97 Å². The minimum absolute atomic E-state index is 0.380. The summed E-state index contributed by atoms with van der Waals surface area (Å²) < 4.78 is 6.50. The minimum atomic E-state index is -0.380. The molecule has 0 radical (unpaired) electrons. The number of esters is 1. The molecule has 5 heteroatoms. The van der Waals surface area contributed by atoms with Crippen LogP contribution in [0, 0.1) is 3.57 Å². The topological polar surface area (TPSA) is 51.2 Å². The highest BCUT2D eigenvalue weighted by atomic mass is 127. The van der Waals surface area contributed by atoms with Gasteiger partial charge in [0, 0.05) is 28.2 Å². The van der Waals surface area contributed by atoms with Gasteiger partial charge in [-0.05, 0) is 70.6 Å². The molecule has 0 aliphatic carbocycles. The zero-order valence-electron chi connectivity index (χ0n) is 12.8. The zero-order chi connectivity index (χ0) is 16.8. The molecule has 0 bridgehead atoms. The molecule has 0 saturated carbocycles. The summed E-state index contributed by atoms with van der Waals surface area (Å²) in [5.41, 5.74) is 2.33. The van der Waals surface area contributed by atoms with Gasteiger partial charge in [-0.25, -0.2) is 4.79 Å². The Morgan fingerprint density at radius 1 is 1.04 bits per heavy atom. The van der Waals surface area contributed by atoms with Gasteiger partial charge in [-0.15, -0.1) is 0 Å². The standard InChI is InChI=1S/C19H15IN2O2/c20-15-4-3-5-16(12-15)24-19(23)17-6-1-2-7-18(17)22-13-14-8-10-21-11-9-14/h1-12,22H,13H2. The number of hydrogen-bond donors (Lipinski definition) is 1. The number of nitrogens with zero attached hydrogens (tertiary/aromatic N) is 1. The number of carbonyl (C=O) groups is 1. The van der Waals surface area contributed by atoms with Crippen molar-refractivity contribution in [3.63, 3.8) is 0 Å². The van der Waals surface area contributed by atoms with Gasteiger partial charge in [-0.3, -0.25) is 4.98 Å². The van der Waals surface area contributed by atoms with Crippen molar-refractivity contribution in [3.05, 3.63) is 87.8 Å². The van der Waals surface area contributed by atoms with Gasteiger partial charge in [0.05, 0.1) is 5.56 Å². The van der Waals surface area contributed by atoms with Crippen LogP contribution in [0.25, 0.3) is 0 Å². The highest BCUT2D eigenvalue weighted by Crippen LogP contribution is 2.20. The van der Waals surface area contributed by atoms with Gasteiger partial charge in [0.2, 0.25) is 0 Å². The summed E-state index contributed by atoms with van der Waals surface area (Å²) >= 11 is 2.18. The Kier molecular flexibility index (Phi) is 5.43. The number of benzene rings is 2. The number of anilines is 1. The van der Waals surface area contributed by atoms with Crippen LogP contribution in [0.15, 0.2) is 73.1 Å². The number of hydrogen-bond acceptors (Lipinski definition) is 4. The third-order valence-corrected chi connectivity index (χ3v) is 4.06. The molecule has 1 aromatic heterocycles. The maximum absolute atomic E-state index is 12.5. The van der Waals surface area contributed by atoms with Crippen LogP contribution in [-0.4, -0.2) is 11.0 Å². The second-order valence-electron chi connectivity index (χ2n) is 5.10. The van der Waals surface area contributed by atoms with Crippen LogP contribution in [0.5, 0.6) is 5.75 Å². The Balaban J connectivity index is 1.74. The Bertz CT molecular complexity index is 838. The first-order valence-corrected chi connectivity index (χ1v) is 8.50. The van der Waals surface area contributed by atoms with E-state index in [1.807, 2.05) is 48.5 Å². The summed E-state index contributed by atoms with van der Waals surface area (Å²) in [4.78, 5) is 16.5. The number of ether oxygens (including phenoxy) is 1. The normalized spacial score (nSPS) is 10.2. The summed E-state index contributed by atoms with van der Waals surface area (Å²) in [6, 6.07) is 18.6. The number of para-hydroxylation sites is 1. The third kappa shape index (κ3) is 4.32. The van der Waals surface area contributed by atoms with E-state index in [1.165, 1.54) is 0 Å². The van der Waals surface area contributed by atoms with Crippen LogP contribution < -0.4 is 10.1 Å². The molecule has 0 unspecified atom stereocenters. The van der Waals surface area contributed by atoms with Crippen LogP contribution in [0.4, 0.5) is 5.69 Å². The summed E-state index contributed by atoms with van der Waals surface area (Å²) in [7, 11) is 0. The van der Waals surface area contributed by atoms with E-state index >= 15 is 0 Å². The van der Waals surface area contributed by atoms with Crippen molar-refractivity contribution in [2.75, 3.05) is 5.32 Å². The third-order valence-electron chi connectivity index (χ3n) is 3.39. The number of rotatable bonds is 5. The van der Waals surface area contributed by atoms with Gasteiger partial charge >= 0.3 is 5.97 Å². The molecule has 1 heterocycles. The maximum atomic E-state index is 12.5. The Morgan fingerprint density at radius 3 is 2.62 bits per heavy atom. The molecule has 0 saturated heterocycles. The predicted molar refractivity (Wildman–Crippen MR) is 102 cm³/mol. The summed E-state index contributed by atoms with van der Waals surface area (Å²) in [6.45, 7) is 0.607. The molecule has 0 spiro atoms. The molecule has 0 fully saturated rings. The number of aromatic nitrogens is 1. The second kappa shape index (κ2) is 7.92. The molecule has 24 heavy (non-hydrogen) atoms. The monoisotopic (exact) mass is 430 g/mol. The first-order valence-electron chi connectivity index (χ1n) is 7.42. The highest BCUT2D eigenvalue weighted by molar-refractivity contribution is 14.1. The van der Waals surface area contributed by atoms with Gasteiger partial charge in [0.25, 0.3) is 0 Å². The lowest BCUT2D eigenvalue weighted by atomic mass is 10.1. The lowest BCUT2D eigenvalue weighted by Gasteiger charge is -2.12. The maximum Gasteiger partial charge on any atom is 0.345 e. The molecule has 4 nitrogen and oxygen atoms in total. The van der Waals surface area contributed by atoms with E-state index in [2.05, 4.69) is 32.9 Å². The van der Waals surface area contributed by atoms with Gasteiger partial charge < -0.3 is 10.1 Å². The molecule has 120 valence electrons. The number of halogens is 1. The summed E-state index contributed by atoms with van der Waals surface area (Å²) in [5.74, 6) is 0.158. The van der Waals surface area contributed by atoms with Crippen LogP contribution in [0.3, 0.4) is 0 Å². The van der Waals surface area contributed by atoms with Crippen LogP contribution in [0.2, 0.25) is 0 Å². The lowest BCUT2D eigenvalue weighted by Crippen LogP contribution is -2.12. The molecular formula is C19H15IN2O2. The van der Waals surface area contributed by atoms with Crippen molar-refractivity contribution in [1.82, 2.24) is 4.98 Å². The van der Waals surface area contributed by atoms with Crippen molar-refractivity contribution in [1.29, 1.82) is 0 Å². The van der Waals surface area contributed by atoms with Crippen molar-refractivity contribution in [3.8, 4) is 5.75 Å². The molecule has 0 atom stereocenters. The largest absolute Gasteiger partial charge is 0.423 e. The molecule has 2 aromatic carbocycles. The summed E-state index contributed by atoms with van der Waals surface area (Å²) in [5, 5.41) is 3.28. The van der Waals surface area contributed by atoms with Gasteiger partial charge in [-0.1, -0.05) is 18.2 Å². The van der Waals surface area contributed by atoms with Crippen LogP contribution in [-0.2, 0) is 6.54 Å². The second-order valence-corrected chi connectivity index (χ2v) is 6.35. The molecule has 3 rings (SSSR count). The van der Waals surface area contributed by atoms with E-state index in [0.717, 1.165) is 14.8 Å². The predicted octanol–water partition coefficient (Wildman–Crippen LogP) is 4.52. The fraction of sp³-hybridized carbons (Fsp3) is 0.0526. The average Bonchev–Trinajstić information content (AvgIpc) is 2.61. The van der Waals surface area contributed by atoms with Crippen LogP contribution in [0.1, 0.15) is 15.9 Å². The average molecular weight is 430 g/mol. The van der Waals surface area contributed by atoms with E-state index in [9.17, 15) is 4.79 Å². The summed E-state index contributed by atoms with van der Waals surface area (Å²) in [6.07, 6.45) is 3.49. The molecular weight excluding hydrogens is 415 g/mol. The SMILES string of the molecule is O=C(Oc1cccc(I)c1)c1ccccc1NCc1ccncc1. The van der Waals surface area contributed by atoms with E-state index in [4.69, 9.17) is 4.74 Å². The van der Waals surface area contributed by atoms with Crippen LogP contribution >= 0.6 is 22.6 Å². The Morgan fingerprint density at radius 2 is 1.83 bits per heavy atom. The zero-order valence-corrected chi connectivity index (χ0v) is 14.9. The quantitative estimate of drug-likeness (QED) is 0.368. The number of pyridine rings is 1. The number of carbonyl (C=O) groups excluding carboxylic acids is 1. The smallest absolute Gasteiger partial charge is 0.345 e. The van der Waals surface area contributed by atoms with Crippen molar-refractivity contribution in [2.24, 2.45) is 0 Å². The first-order chi connectivity index (χ1) is 11.7. The van der Waals surface area contributed by atoms with E-state index in [1.54, 1.807) is 24.5 Å². The minimum Gasteiger partial charge on any atom is -0.423 e. The van der Waals surface area contributed by atoms with Crippen molar-refractivity contribution >= 4 is 34.2 Å². The van der Waals surface area contributed by atoms with Gasteiger partial charge in [0.1, 0.15) is 5.75 Å². The highest BCUT2D eigenvalue weighted by Gasteiger charge is 2.13. The fourth-order valence-corrected chi connectivity index (χ4v) is 2.72. The molecule has 0 aliphatic heterocycles. The molecule has 3 aromatic rings. The van der Waals surface area contributed by atoms with E-state index < -0.39 is 0 Å². The Hall–Kier alpha value is -2.41. The lowest BCUT2D eigenvalue weighted by molar-refractivity contribution is 0.0735. The Labute approximate surface area is 154 Å². The molecule has 0 aliphatic rings. The van der Waals surface area contributed by atoms with E-state index in [0.29, 0.717) is 17.9 Å².